The minimum atomic E-state index is 0.248. The summed E-state index contributed by atoms with van der Waals surface area (Å²) < 4.78 is 1.12. The van der Waals surface area contributed by atoms with Crippen molar-refractivity contribution in [2.45, 2.75) is 19.9 Å². The third-order valence-electron chi connectivity index (χ3n) is 2.65. The molecular formula is C12H14BrN3S. The Balaban J connectivity index is 2.33. The van der Waals surface area contributed by atoms with E-state index in [1.807, 2.05) is 13.1 Å². The van der Waals surface area contributed by atoms with Gasteiger partial charge in [0.05, 0.1) is 6.04 Å². The van der Waals surface area contributed by atoms with E-state index in [9.17, 15) is 0 Å². The van der Waals surface area contributed by atoms with E-state index >= 15 is 0 Å². The van der Waals surface area contributed by atoms with Crippen molar-refractivity contribution < 1.29 is 0 Å². The topological polar surface area (TPSA) is 37.8 Å². The Morgan fingerprint density at radius 3 is 2.76 bits per heavy atom. The van der Waals surface area contributed by atoms with Crippen LogP contribution in [-0.4, -0.2) is 17.2 Å². The molecule has 0 aliphatic heterocycles. The Kier molecular flexibility index (Phi) is 3.91. The molecule has 0 saturated heterocycles. The predicted molar refractivity (Wildman–Crippen MR) is 75.3 cm³/mol. The fourth-order valence-electron chi connectivity index (χ4n) is 1.43. The maximum absolute atomic E-state index is 4.24. The predicted octanol–water partition coefficient (Wildman–Crippen LogP) is 3.56. The summed E-state index contributed by atoms with van der Waals surface area (Å²) >= 11 is 5.13. The molecule has 1 atom stereocenters. The van der Waals surface area contributed by atoms with Crippen LogP contribution in [0.15, 0.2) is 22.7 Å². The van der Waals surface area contributed by atoms with E-state index in [1.54, 1.807) is 11.3 Å². The van der Waals surface area contributed by atoms with Crippen LogP contribution in [-0.2, 0) is 0 Å². The van der Waals surface area contributed by atoms with Gasteiger partial charge in [-0.25, -0.2) is 0 Å². The molecule has 0 radical (unpaired) electrons. The van der Waals surface area contributed by atoms with Crippen LogP contribution in [0.25, 0.3) is 10.6 Å². The molecule has 0 spiro atoms. The summed E-state index contributed by atoms with van der Waals surface area (Å²) in [4.78, 5) is 0. The van der Waals surface area contributed by atoms with Gasteiger partial charge in [0.15, 0.2) is 0 Å². The Hall–Kier alpha value is -0.780. The zero-order valence-corrected chi connectivity index (χ0v) is 12.4. The number of rotatable bonds is 3. The zero-order chi connectivity index (χ0) is 12.4. The standard InChI is InChI=1S/C12H14BrN3S/c1-7-6-9(4-5-10(7)13)12-16-15-11(17-12)8(2)14-3/h4-6,8,14H,1-3H3. The second-order valence-corrected chi connectivity index (χ2v) is 5.78. The number of aromatic nitrogens is 2. The van der Waals surface area contributed by atoms with Crippen molar-refractivity contribution in [2.75, 3.05) is 7.05 Å². The molecular weight excluding hydrogens is 298 g/mol. The quantitative estimate of drug-likeness (QED) is 0.942. The van der Waals surface area contributed by atoms with Crippen molar-refractivity contribution in [3.63, 3.8) is 0 Å². The zero-order valence-electron chi connectivity index (χ0n) is 9.99. The lowest BCUT2D eigenvalue weighted by atomic mass is 10.1. The molecule has 0 aliphatic rings. The number of nitrogens with one attached hydrogen (secondary N) is 1. The van der Waals surface area contributed by atoms with Gasteiger partial charge < -0.3 is 5.32 Å². The Morgan fingerprint density at radius 2 is 2.12 bits per heavy atom. The van der Waals surface area contributed by atoms with Gasteiger partial charge in [-0.05, 0) is 38.6 Å². The molecule has 0 bridgehead atoms. The van der Waals surface area contributed by atoms with Gasteiger partial charge in [0.1, 0.15) is 10.0 Å². The van der Waals surface area contributed by atoms with Gasteiger partial charge in [-0.2, -0.15) is 0 Å². The number of aryl methyl sites for hydroxylation is 1. The van der Waals surface area contributed by atoms with Crippen molar-refractivity contribution >= 4 is 27.3 Å². The number of halogens is 1. The van der Waals surface area contributed by atoms with Gasteiger partial charge >= 0.3 is 0 Å². The third kappa shape index (κ3) is 2.73. The van der Waals surface area contributed by atoms with Crippen LogP contribution in [0.1, 0.15) is 23.5 Å². The molecule has 1 aromatic carbocycles. The molecule has 0 fully saturated rings. The van der Waals surface area contributed by atoms with E-state index in [0.29, 0.717) is 0 Å². The maximum Gasteiger partial charge on any atom is 0.147 e. The van der Waals surface area contributed by atoms with E-state index in [4.69, 9.17) is 0 Å². The Bertz CT molecular complexity index is 524. The van der Waals surface area contributed by atoms with E-state index in [-0.39, 0.29) is 6.04 Å². The summed E-state index contributed by atoms with van der Waals surface area (Å²) in [5.41, 5.74) is 2.33. The van der Waals surface area contributed by atoms with Crippen molar-refractivity contribution in [2.24, 2.45) is 0 Å². The fraction of sp³-hybridized carbons (Fsp3) is 0.333. The second-order valence-electron chi connectivity index (χ2n) is 3.92. The normalized spacial score (nSPS) is 12.7. The summed E-state index contributed by atoms with van der Waals surface area (Å²) in [6.45, 7) is 4.16. The van der Waals surface area contributed by atoms with Crippen LogP contribution >= 0.6 is 27.3 Å². The SMILES string of the molecule is CNC(C)c1nnc(-c2ccc(Br)c(C)c2)s1. The minimum absolute atomic E-state index is 0.248. The van der Waals surface area contributed by atoms with Gasteiger partial charge in [0.25, 0.3) is 0 Å². The second kappa shape index (κ2) is 5.25. The van der Waals surface area contributed by atoms with Crippen molar-refractivity contribution in [1.82, 2.24) is 15.5 Å². The van der Waals surface area contributed by atoms with Gasteiger partial charge in [-0.3, -0.25) is 0 Å². The lowest BCUT2D eigenvalue weighted by Gasteiger charge is -2.03. The summed E-state index contributed by atoms with van der Waals surface area (Å²) in [7, 11) is 1.93. The maximum atomic E-state index is 4.24. The summed E-state index contributed by atoms with van der Waals surface area (Å²) in [5.74, 6) is 0. The molecule has 5 heteroatoms. The molecule has 1 N–H and O–H groups in total. The number of hydrogen-bond acceptors (Lipinski definition) is 4. The van der Waals surface area contributed by atoms with E-state index < -0.39 is 0 Å². The summed E-state index contributed by atoms with van der Waals surface area (Å²) in [5, 5.41) is 13.6. The van der Waals surface area contributed by atoms with Gasteiger partial charge in [-0.15, -0.1) is 10.2 Å². The highest BCUT2D eigenvalue weighted by Gasteiger charge is 2.11. The van der Waals surface area contributed by atoms with Gasteiger partial charge in [-0.1, -0.05) is 33.3 Å². The van der Waals surface area contributed by atoms with E-state index in [1.165, 1.54) is 5.56 Å². The van der Waals surface area contributed by atoms with E-state index in [2.05, 4.69) is 57.4 Å². The molecule has 0 aliphatic carbocycles. The van der Waals surface area contributed by atoms with Gasteiger partial charge in [0.2, 0.25) is 0 Å². The molecule has 17 heavy (non-hydrogen) atoms. The molecule has 2 aromatic rings. The molecule has 3 nitrogen and oxygen atoms in total. The monoisotopic (exact) mass is 311 g/mol. The molecule has 0 saturated carbocycles. The number of benzene rings is 1. The first kappa shape index (κ1) is 12.7. The fourth-order valence-corrected chi connectivity index (χ4v) is 2.57. The van der Waals surface area contributed by atoms with Crippen molar-refractivity contribution in [3.8, 4) is 10.6 Å². The minimum Gasteiger partial charge on any atom is -0.311 e. The lowest BCUT2D eigenvalue weighted by molar-refractivity contribution is 0.640. The molecule has 1 unspecified atom stereocenters. The number of hydrogen-bond donors (Lipinski definition) is 1. The molecule has 90 valence electrons. The Labute approximate surface area is 113 Å². The summed E-state index contributed by atoms with van der Waals surface area (Å²) in [6, 6.07) is 6.48. The Morgan fingerprint density at radius 1 is 1.35 bits per heavy atom. The molecule has 1 heterocycles. The lowest BCUT2D eigenvalue weighted by Crippen LogP contribution is -2.11. The molecule has 2 rings (SSSR count). The first-order valence-corrected chi connectivity index (χ1v) is 7.00. The average molecular weight is 312 g/mol. The van der Waals surface area contributed by atoms with Crippen LogP contribution in [0.5, 0.6) is 0 Å². The van der Waals surface area contributed by atoms with Crippen LogP contribution in [0, 0.1) is 6.92 Å². The van der Waals surface area contributed by atoms with Crippen LogP contribution < -0.4 is 5.32 Å². The van der Waals surface area contributed by atoms with Crippen LogP contribution in [0.4, 0.5) is 0 Å². The van der Waals surface area contributed by atoms with Crippen LogP contribution in [0.2, 0.25) is 0 Å². The molecule has 0 amide bonds. The average Bonchev–Trinajstić information content (AvgIpc) is 2.81. The van der Waals surface area contributed by atoms with Gasteiger partial charge in [0, 0.05) is 10.0 Å². The largest absolute Gasteiger partial charge is 0.311 e. The highest BCUT2D eigenvalue weighted by Crippen LogP contribution is 2.29. The first-order chi connectivity index (χ1) is 8.11. The van der Waals surface area contributed by atoms with Crippen molar-refractivity contribution in [1.29, 1.82) is 0 Å². The highest BCUT2D eigenvalue weighted by molar-refractivity contribution is 9.10. The van der Waals surface area contributed by atoms with Crippen molar-refractivity contribution in [3.05, 3.63) is 33.2 Å². The van der Waals surface area contributed by atoms with E-state index in [0.717, 1.165) is 20.1 Å². The number of nitrogens with zero attached hydrogens (tertiary/aromatic N) is 2. The smallest absolute Gasteiger partial charge is 0.147 e. The third-order valence-corrected chi connectivity index (χ3v) is 4.69. The van der Waals surface area contributed by atoms with Crippen LogP contribution in [0.3, 0.4) is 0 Å². The first-order valence-electron chi connectivity index (χ1n) is 5.39. The molecule has 1 aromatic heterocycles. The highest BCUT2D eigenvalue weighted by atomic mass is 79.9. The summed E-state index contributed by atoms with van der Waals surface area (Å²) in [6.07, 6.45) is 0.